The van der Waals surface area contributed by atoms with E-state index in [1.165, 1.54) is 14.1 Å². The zero-order chi connectivity index (χ0) is 11.7. The maximum Gasteiger partial charge on any atom is 0.436 e. The third-order valence-corrected chi connectivity index (χ3v) is 1.03. The van der Waals surface area contributed by atoms with Crippen LogP contribution in [-0.4, -0.2) is 47.4 Å². The van der Waals surface area contributed by atoms with Gasteiger partial charge in [0.2, 0.25) is 0 Å². The molecule has 0 aromatic rings. The summed E-state index contributed by atoms with van der Waals surface area (Å²) in [5.41, 5.74) is 0. The zero-order valence-electron chi connectivity index (χ0n) is 8.85. The summed E-state index contributed by atoms with van der Waals surface area (Å²) >= 11 is 0. The SMILES string of the molecule is CCC(C)O.CN(C)OC(=O)C(=O)O. The molecule has 1 atom stereocenters. The predicted octanol–water partition coefficient (Wildman–Crippen LogP) is -0.132. The smallest absolute Gasteiger partial charge is 0.436 e. The fourth-order valence-electron chi connectivity index (χ4n) is 0.205. The van der Waals surface area contributed by atoms with Crippen molar-refractivity contribution in [3.63, 3.8) is 0 Å². The van der Waals surface area contributed by atoms with Crippen molar-refractivity contribution < 1.29 is 24.6 Å². The molecule has 0 aliphatic heterocycles. The highest BCUT2D eigenvalue weighted by Gasteiger charge is 2.13. The summed E-state index contributed by atoms with van der Waals surface area (Å²) in [5.74, 6) is -2.87. The topological polar surface area (TPSA) is 87.1 Å². The van der Waals surface area contributed by atoms with Gasteiger partial charge in [-0.25, -0.2) is 9.59 Å². The van der Waals surface area contributed by atoms with E-state index >= 15 is 0 Å². The normalized spacial score (nSPS) is 11.3. The minimum absolute atomic E-state index is 0.116. The van der Waals surface area contributed by atoms with Crippen LogP contribution < -0.4 is 0 Å². The number of nitrogens with zero attached hydrogens (tertiary/aromatic N) is 1. The first-order valence-electron chi connectivity index (χ1n) is 4.11. The molecule has 0 fully saturated rings. The molecule has 84 valence electrons. The molecule has 0 aliphatic carbocycles. The van der Waals surface area contributed by atoms with Crippen LogP contribution in [0.2, 0.25) is 0 Å². The van der Waals surface area contributed by atoms with E-state index in [0.717, 1.165) is 11.5 Å². The highest BCUT2D eigenvalue weighted by atomic mass is 16.7. The van der Waals surface area contributed by atoms with Gasteiger partial charge < -0.3 is 15.1 Å². The fourth-order valence-corrected chi connectivity index (χ4v) is 0.205. The van der Waals surface area contributed by atoms with Crippen LogP contribution in [0.3, 0.4) is 0 Å². The second-order valence-corrected chi connectivity index (χ2v) is 2.75. The Labute approximate surface area is 83.0 Å². The molecule has 0 rings (SSSR count). The lowest BCUT2D eigenvalue weighted by Crippen LogP contribution is -2.24. The molecule has 0 saturated carbocycles. The summed E-state index contributed by atoms with van der Waals surface area (Å²) in [5, 5.41) is 17.3. The van der Waals surface area contributed by atoms with Gasteiger partial charge in [0.05, 0.1) is 6.10 Å². The van der Waals surface area contributed by atoms with Gasteiger partial charge in [0.15, 0.2) is 0 Å². The van der Waals surface area contributed by atoms with Crippen LogP contribution in [0, 0.1) is 0 Å². The molecular weight excluding hydrogens is 190 g/mol. The Morgan fingerprint density at radius 3 is 1.86 bits per heavy atom. The van der Waals surface area contributed by atoms with Crippen LogP contribution in [-0.2, 0) is 14.4 Å². The summed E-state index contributed by atoms with van der Waals surface area (Å²) in [6.45, 7) is 3.73. The van der Waals surface area contributed by atoms with Crippen LogP contribution in [0.25, 0.3) is 0 Å². The van der Waals surface area contributed by atoms with E-state index in [1.807, 2.05) is 6.92 Å². The standard InChI is InChI=1S/C4H7NO4.C4H10O/c1-5(2)9-4(8)3(6)7;1-3-4(2)5/h1-2H3,(H,6,7);4-5H,3H2,1-2H3. The molecule has 0 spiro atoms. The Balaban J connectivity index is 0. The molecular formula is C8H17NO5. The molecule has 2 N–H and O–H groups in total. The molecule has 0 bridgehead atoms. The minimum Gasteiger partial charge on any atom is -0.473 e. The first kappa shape index (κ1) is 15.3. The van der Waals surface area contributed by atoms with Crippen LogP contribution in [0.15, 0.2) is 0 Å². The molecule has 0 radical (unpaired) electrons. The van der Waals surface area contributed by atoms with E-state index in [2.05, 4.69) is 4.84 Å². The minimum atomic E-state index is -1.59. The lowest BCUT2D eigenvalue weighted by Gasteiger charge is -2.05. The monoisotopic (exact) mass is 207 g/mol. The van der Waals surface area contributed by atoms with Crippen molar-refractivity contribution in [3.05, 3.63) is 0 Å². The second-order valence-electron chi connectivity index (χ2n) is 2.75. The number of carboxylic acids is 1. The molecule has 0 saturated heterocycles. The van der Waals surface area contributed by atoms with Crippen molar-refractivity contribution >= 4 is 11.9 Å². The summed E-state index contributed by atoms with van der Waals surface area (Å²) < 4.78 is 0. The van der Waals surface area contributed by atoms with Crippen molar-refractivity contribution in [2.24, 2.45) is 0 Å². The zero-order valence-corrected chi connectivity index (χ0v) is 8.85. The Morgan fingerprint density at radius 1 is 1.43 bits per heavy atom. The number of hydrogen-bond donors (Lipinski definition) is 2. The number of aliphatic carboxylic acids is 1. The summed E-state index contributed by atoms with van der Waals surface area (Å²) in [6, 6.07) is 0. The highest BCUT2D eigenvalue weighted by Crippen LogP contribution is 1.81. The maximum atomic E-state index is 10.1. The maximum absolute atomic E-state index is 10.1. The molecule has 0 amide bonds. The van der Waals surface area contributed by atoms with Crippen LogP contribution in [0.1, 0.15) is 20.3 Å². The molecule has 6 heteroatoms. The molecule has 0 heterocycles. The fraction of sp³-hybridized carbons (Fsp3) is 0.750. The molecule has 6 nitrogen and oxygen atoms in total. The molecule has 0 aromatic carbocycles. The van der Waals surface area contributed by atoms with E-state index in [4.69, 9.17) is 10.2 Å². The van der Waals surface area contributed by atoms with Crippen LogP contribution in [0.5, 0.6) is 0 Å². The number of carbonyl (C=O) groups is 2. The van der Waals surface area contributed by atoms with E-state index < -0.39 is 11.9 Å². The predicted molar refractivity (Wildman–Crippen MR) is 49.4 cm³/mol. The van der Waals surface area contributed by atoms with Gasteiger partial charge in [0, 0.05) is 14.1 Å². The number of hydrogen-bond acceptors (Lipinski definition) is 5. The third-order valence-electron chi connectivity index (χ3n) is 1.03. The van der Waals surface area contributed by atoms with Gasteiger partial charge in [0.25, 0.3) is 0 Å². The lowest BCUT2D eigenvalue weighted by atomic mass is 10.3. The van der Waals surface area contributed by atoms with Gasteiger partial charge in [-0.15, -0.1) is 5.06 Å². The van der Waals surface area contributed by atoms with Gasteiger partial charge >= 0.3 is 11.9 Å². The molecule has 0 aliphatic rings. The largest absolute Gasteiger partial charge is 0.473 e. The molecule has 14 heavy (non-hydrogen) atoms. The number of aliphatic hydroxyl groups is 1. The van der Waals surface area contributed by atoms with Gasteiger partial charge in [-0.1, -0.05) is 6.92 Å². The van der Waals surface area contributed by atoms with Gasteiger partial charge in [-0.05, 0) is 13.3 Å². The van der Waals surface area contributed by atoms with Crippen molar-refractivity contribution in [2.75, 3.05) is 14.1 Å². The van der Waals surface area contributed by atoms with Crippen LogP contribution in [0.4, 0.5) is 0 Å². The van der Waals surface area contributed by atoms with E-state index in [-0.39, 0.29) is 6.10 Å². The number of aliphatic hydroxyl groups excluding tert-OH is 1. The van der Waals surface area contributed by atoms with Crippen molar-refractivity contribution in [3.8, 4) is 0 Å². The number of carboxylic acid groups (broad SMARTS) is 1. The Bertz CT molecular complexity index is 179. The van der Waals surface area contributed by atoms with E-state index in [9.17, 15) is 9.59 Å². The summed E-state index contributed by atoms with van der Waals surface area (Å²) in [7, 11) is 2.84. The molecule has 1 unspecified atom stereocenters. The average Bonchev–Trinajstić information content (AvgIpc) is 2.04. The Hall–Kier alpha value is -1.14. The van der Waals surface area contributed by atoms with E-state index in [0.29, 0.717) is 0 Å². The Kier molecular flexibility index (Phi) is 9.27. The first-order chi connectivity index (χ1) is 6.31. The van der Waals surface area contributed by atoms with Gasteiger partial charge in [0.1, 0.15) is 0 Å². The number of hydroxylamine groups is 2. The van der Waals surface area contributed by atoms with Crippen molar-refractivity contribution in [1.82, 2.24) is 5.06 Å². The summed E-state index contributed by atoms with van der Waals surface area (Å²) in [6.07, 6.45) is 0.745. The second kappa shape index (κ2) is 8.46. The third kappa shape index (κ3) is 13.4. The molecule has 0 aromatic heterocycles. The number of carbonyl (C=O) groups excluding carboxylic acids is 1. The number of rotatable bonds is 2. The van der Waals surface area contributed by atoms with Gasteiger partial charge in [-0.2, -0.15) is 0 Å². The van der Waals surface area contributed by atoms with Crippen molar-refractivity contribution in [1.29, 1.82) is 0 Å². The van der Waals surface area contributed by atoms with Gasteiger partial charge in [-0.3, -0.25) is 0 Å². The Morgan fingerprint density at radius 2 is 1.79 bits per heavy atom. The highest BCUT2D eigenvalue weighted by molar-refractivity contribution is 6.28. The first-order valence-corrected chi connectivity index (χ1v) is 4.11. The lowest BCUT2D eigenvalue weighted by molar-refractivity contribution is -0.188. The average molecular weight is 207 g/mol. The van der Waals surface area contributed by atoms with E-state index in [1.54, 1.807) is 6.92 Å². The summed E-state index contributed by atoms with van der Waals surface area (Å²) in [4.78, 5) is 23.9. The van der Waals surface area contributed by atoms with Crippen molar-refractivity contribution in [2.45, 2.75) is 26.4 Å². The quantitative estimate of drug-likeness (QED) is 0.484. The van der Waals surface area contributed by atoms with Crippen LogP contribution >= 0.6 is 0 Å².